The molecule has 0 bridgehead atoms. The Bertz CT molecular complexity index is 834. The Balaban J connectivity index is 1.77. The summed E-state index contributed by atoms with van der Waals surface area (Å²) in [7, 11) is 0. The van der Waals surface area contributed by atoms with Crippen LogP contribution in [0, 0.1) is 6.92 Å². The van der Waals surface area contributed by atoms with Crippen LogP contribution in [0.1, 0.15) is 18.5 Å². The van der Waals surface area contributed by atoms with Crippen LogP contribution in [-0.2, 0) is 0 Å². The smallest absolute Gasteiger partial charge is 0.229 e. The number of halogens is 1. The van der Waals surface area contributed by atoms with Crippen molar-refractivity contribution in [2.75, 3.05) is 23.3 Å². The quantitative estimate of drug-likeness (QED) is 0.754. The van der Waals surface area contributed by atoms with Crippen LogP contribution in [0.25, 0.3) is 11.0 Å². The first-order valence-electron chi connectivity index (χ1n) is 7.84. The van der Waals surface area contributed by atoms with Crippen molar-refractivity contribution in [2.24, 2.45) is 0 Å². The molecule has 1 fully saturated rings. The number of anilines is 3. The van der Waals surface area contributed by atoms with Gasteiger partial charge in [-0.1, -0.05) is 11.6 Å². The molecular formula is C17H18ClN5. The average Bonchev–Trinajstić information content (AvgIpc) is 3.18. The summed E-state index contributed by atoms with van der Waals surface area (Å²) in [4.78, 5) is 15.0. The van der Waals surface area contributed by atoms with E-state index in [-0.39, 0.29) is 0 Å². The lowest BCUT2D eigenvalue weighted by Gasteiger charge is -2.16. The van der Waals surface area contributed by atoms with Crippen LogP contribution in [0.3, 0.4) is 0 Å². The van der Waals surface area contributed by atoms with E-state index in [0.717, 1.165) is 52.3 Å². The maximum Gasteiger partial charge on any atom is 0.229 e. The Morgan fingerprint density at radius 1 is 1.13 bits per heavy atom. The van der Waals surface area contributed by atoms with E-state index in [4.69, 9.17) is 21.6 Å². The molecule has 23 heavy (non-hydrogen) atoms. The number of hydrogen-bond donors (Lipinski definition) is 2. The van der Waals surface area contributed by atoms with Crippen LogP contribution in [0.15, 0.2) is 30.3 Å². The van der Waals surface area contributed by atoms with Crippen molar-refractivity contribution in [2.45, 2.75) is 19.8 Å². The summed E-state index contributed by atoms with van der Waals surface area (Å²) < 4.78 is 0. The molecule has 0 amide bonds. The van der Waals surface area contributed by atoms with E-state index < -0.39 is 0 Å². The molecule has 1 aliphatic heterocycles. The SMILES string of the molecule is Cc1cc2c(Nc3ccc(Cl)cc3)nc(N3CCCC3)nc2[nH]1. The molecule has 2 N–H and O–H groups in total. The van der Waals surface area contributed by atoms with Crippen molar-refractivity contribution in [3.63, 3.8) is 0 Å². The molecule has 0 atom stereocenters. The number of benzene rings is 1. The number of aromatic nitrogens is 3. The maximum absolute atomic E-state index is 5.96. The highest BCUT2D eigenvalue weighted by molar-refractivity contribution is 6.30. The Kier molecular flexibility index (Phi) is 3.58. The van der Waals surface area contributed by atoms with E-state index in [9.17, 15) is 0 Å². The first-order valence-corrected chi connectivity index (χ1v) is 8.22. The zero-order valence-corrected chi connectivity index (χ0v) is 13.7. The van der Waals surface area contributed by atoms with Crippen molar-refractivity contribution in [3.8, 4) is 0 Å². The number of aromatic amines is 1. The first-order chi connectivity index (χ1) is 11.2. The molecule has 0 radical (unpaired) electrons. The normalized spacial score (nSPS) is 14.6. The molecule has 118 valence electrons. The summed E-state index contributed by atoms with van der Waals surface area (Å²) in [6, 6.07) is 9.70. The zero-order chi connectivity index (χ0) is 15.8. The first kappa shape index (κ1) is 14.3. The molecule has 3 heterocycles. The van der Waals surface area contributed by atoms with Gasteiger partial charge in [0.15, 0.2) is 0 Å². The fourth-order valence-electron chi connectivity index (χ4n) is 2.95. The summed E-state index contributed by atoms with van der Waals surface area (Å²) in [6.45, 7) is 4.07. The van der Waals surface area contributed by atoms with Gasteiger partial charge in [-0.15, -0.1) is 0 Å². The minimum Gasteiger partial charge on any atom is -0.343 e. The van der Waals surface area contributed by atoms with Crippen molar-refractivity contribution in [1.82, 2.24) is 15.0 Å². The van der Waals surface area contributed by atoms with Crippen molar-refractivity contribution >= 4 is 40.1 Å². The van der Waals surface area contributed by atoms with Gasteiger partial charge in [0.1, 0.15) is 11.5 Å². The second-order valence-electron chi connectivity index (χ2n) is 5.91. The molecule has 4 rings (SSSR count). The van der Waals surface area contributed by atoms with E-state index >= 15 is 0 Å². The average molecular weight is 328 g/mol. The van der Waals surface area contributed by atoms with Gasteiger partial charge < -0.3 is 15.2 Å². The molecule has 6 heteroatoms. The van der Waals surface area contributed by atoms with Crippen LogP contribution in [0.5, 0.6) is 0 Å². The van der Waals surface area contributed by atoms with Gasteiger partial charge in [-0.25, -0.2) is 0 Å². The number of H-pyrrole nitrogens is 1. The van der Waals surface area contributed by atoms with Crippen LogP contribution >= 0.6 is 11.6 Å². The third kappa shape index (κ3) is 2.84. The van der Waals surface area contributed by atoms with Gasteiger partial charge in [-0.05, 0) is 50.1 Å². The predicted molar refractivity (Wildman–Crippen MR) is 94.8 cm³/mol. The van der Waals surface area contributed by atoms with Crippen LogP contribution in [-0.4, -0.2) is 28.0 Å². The van der Waals surface area contributed by atoms with Crippen LogP contribution < -0.4 is 10.2 Å². The van der Waals surface area contributed by atoms with E-state index in [1.165, 1.54) is 12.8 Å². The molecule has 1 aromatic carbocycles. The minimum absolute atomic E-state index is 0.721. The highest BCUT2D eigenvalue weighted by Gasteiger charge is 2.18. The third-order valence-electron chi connectivity index (χ3n) is 4.11. The number of rotatable bonds is 3. The molecule has 0 unspecified atom stereocenters. The third-order valence-corrected chi connectivity index (χ3v) is 4.36. The second-order valence-corrected chi connectivity index (χ2v) is 6.35. The lowest BCUT2D eigenvalue weighted by Crippen LogP contribution is -2.20. The van der Waals surface area contributed by atoms with E-state index in [1.54, 1.807) is 0 Å². The lowest BCUT2D eigenvalue weighted by atomic mass is 10.3. The molecule has 0 spiro atoms. The number of fused-ring (bicyclic) bond motifs is 1. The molecule has 0 saturated carbocycles. The molecule has 0 aliphatic carbocycles. The molecule has 1 saturated heterocycles. The fourth-order valence-corrected chi connectivity index (χ4v) is 3.08. The van der Waals surface area contributed by atoms with Crippen molar-refractivity contribution < 1.29 is 0 Å². The molecule has 3 aromatic rings. The number of hydrogen-bond acceptors (Lipinski definition) is 4. The summed E-state index contributed by atoms with van der Waals surface area (Å²) in [5.74, 6) is 1.61. The van der Waals surface area contributed by atoms with Gasteiger partial charge >= 0.3 is 0 Å². The predicted octanol–water partition coefficient (Wildman–Crippen LogP) is 4.26. The Morgan fingerprint density at radius 2 is 1.87 bits per heavy atom. The largest absolute Gasteiger partial charge is 0.343 e. The Labute approximate surface area is 139 Å². The van der Waals surface area contributed by atoms with Gasteiger partial charge in [0.2, 0.25) is 5.95 Å². The molecule has 2 aromatic heterocycles. The summed E-state index contributed by atoms with van der Waals surface area (Å²) >= 11 is 5.96. The fraction of sp³-hybridized carbons (Fsp3) is 0.294. The van der Waals surface area contributed by atoms with Gasteiger partial charge in [-0.3, -0.25) is 0 Å². The summed E-state index contributed by atoms with van der Waals surface area (Å²) in [6.07, 6.45) is 2.40. The number of nitrogens with one attached hydrogen (secondary N) is 2. The van der Waals surface area contributed by atoms with Crippen molar-refractivity contribution in [1.29, 1.82) is 0 Å². The highest BCUT2D eigenvalue weighted by atomic mass is 35.5. The number of nitrogens with zero attached hydrogens (tertiary/aromatic N) is 3. The summed E-state index contributed by atoms with van der Waals surface area (Å²) in [5, 5.41) is 5.12. The van der Waals surface area contributed by atoms with Crippen LogP contribution in [0.4, 0.5) is 17.5 Å². The van der Waals surface area contributed by atoms with Crippen LogP contribution in [0.2, 0.25) is 5.02 Å². The van der Waals surface area contributed by atoms with Gasteiger partial charge in [0, 0.05) is 29.5 Å². The minimum atomic E-state index is 0.721. The van der Waals surface area contributed by atoms with Gasteiger partial charge in [0.05, 0.1) is 5.39 Å². The molecular weight excluding hydrogens is 310 g/mol. The van der Waals surface area contributed by atoms with Gasteiger partial charge in [0.25, 0.3) is 0 Å². The van der Waals surface area contributed by atoms with E-state index in [0.29, 0.717) is 0 Å². The molecule has 5 nitrogen and oxygen atoms in total. The second kappa shape index (κ2) is 5.74. The lowest BCUT2D eigenvalue weighted by molar-refractivity contribution is 0.907. The molecule has 1 aliphatic rings. The Hall–Kier alpha value is -2.27. The monoisotopic (exact) mass is 327 g/mol. The highest BCUT2D eigenvalue weighted by Crippen LogP contribution is 2.28. The zero-order valence-electron chi connectivity index (χ0n) is 12.9. The standard InChI is InChI=1S/C17H18ClN5/c1-11-10-14-15(19-11)21-17(23-8-2-3-9-23)22-16(14)20-13-6-4-12(18)5-7-13/h4-7,10H,2-3,8-9H2,1H3,(H2,19,20,21,22). The maximum atomic E-state index is 5.96. The Morgan fingerprint density at radius 3 is 2.61 bits per heavy atom. The van der Waals surface area contributed by atoms with E-state index in [1.807, 2.05) is 31.2 Å². The number of aryl methyl sites for hydroxylation is 1. The van der Waals surface area contributed by atoms with Crippen molar-refractivity contribution in [3.05, 3.63) is 41.0 Å². The summed E-state index contributed by atoms with van der Waals surface area (Å²) in [5.41, 5.74) is 2.91. The van der Waals surface area contributed by atoms with Gasteiger partial charge in [-0.2, -0.15) is 9.97 Å². The topological polar surface area (TPSA) is 56.8 Å². The van der Waals surface area contributed by atoms with E-state index in [2.05, 4.69) is 21.3 Å².